The van der Waals surface area contributed by atoms with Crippen LogP contribution in [0.3, 0.4) is 0 Å². The van der Waals surface area contributed by atoms with Crippen molar-refractivity contribution >= 4 is 11.4 Å². The van der Waals surface area contributed by atoms with E-state index in [0.29, 0.717) is 6.04 Å². The van der Waals surface area contributed by atoms with E-state index in [2.05, 4.69) is 18.3 Å². The van der Waals surface area contributed by atoms with E-state index in [1.54, 1.807) is 0 Å². The molecule has 1 fully saturated rings. The van der Waals surface area contributed by atoms with Gasteiger partial charge in [-0.05, 0) is 37.5 Å². The summed E-state index contributed by atoms with van der Waals surface area (Å²) in [6.45, 7) is 2.10. The molecule has 0 amide bonds. The van der Waals surface area contributed by atoms with Gasteiger partial charge >= 0.3 is 0 Å². The van der Waals surface area contributed by atoms with Gasteiger partial charge < -0.3 is 11.1 Å². The zero-order valence-electron chi connectivity index (χ0n) is 7.30. The average molecular weight is 162 g/mol. The molecule has 1 aromatic carbocycles. The lowest BCUT2D eigenvalue weighted by molar-refractivity contribution is 1.15. The molecule has 0 saturated heterocycles. The van der Waals surface area contributed by atoms with Crippen LogP contribution in [0.2, 0.25) is 0 Å². The maximum Gasteiger partial charge on any atom is 0.0392 e. The number of hydrogen-bond acceptors (Lipinski definition) is 2. The zero-order chi connectivity index (χ0) is 8.55. The van der Waals surface area contributed by atoms with Gasteiger partial charge in [0.05, 0.1) is 0 Å². The van der Waals surface area contributed by atoms with Crippen molar-refractivity contribution in [3.63, 3.8) is 0 Å². The van der Waals surface area contributed by atoms with E-state index in [1.807, 2.05) is 12.1 Å². The molecule has 0 aromatic heterocycles. The minimum absolute atomic E-state index is 0.700. The van der Waals surface area contributed by atoms with Gasteiger partial charge in [0.25, 0.3) is 0 Å². The largest absolute Gasteiger partial charge is 0.399 e. The van der Waals surface area contributed by atoms with Crippen molar-refractivity contribution in [2.24, 2.45) is 0 Å². The first-order valence-electron chi connectivity index (χ1n) is 4.38. The molecule has 2 nitrogen and oxygen atoms in total. The second-order valence-corrected chi connectivity index (χ2v) is 3.49. The third-order valence-corrected chi connectivity index (χ3v) is 2.20. The van der Waals surface area contributed by atoms with Crippen LogP contribution in [0.4, 0.5) is 11.4 Å². The van der Waals surface area contributed by atoms with Crippen molar-refractivity contribution in [2.45, 2.75) is 25.8 Å². The molecule has 0 aliphatic heterocycles. The fourth-order valence-electron chi connectivity index (χ4n) is 1.24. The Kier molecular flexibility index (Phi) is 1.68. The van der Waals surface area contributed by atoms with Crippen molar-refractivity contribution in [1.82, 2.24) is 0 Å². The lowest BCUT2D eigenvalue weighted by atomic mass is 10.2. The Morgan fingerprint density at radius 3 is 2.83 bits per heavy atom. The van der Waals surface area contributed by atoms with Crippen LogP contribution in [-0.2, 0) is 0 Å². The van der Waals surface area contributed by atoms with Crippen LogP contribution in [0.25, 0.3) is 0 Å². The summed E-state index contributed by atoms with van der Waals surface area (Å²) in [4.78, 5) is 0. The van der Waals surface area contributed by atoms with E-state index in [0.717, 1.165) is 5.69 Å². The van der Waals surface area contributed by atoms with Gasteiger partial charge in [-0.25, -0.2) is 0 Å². The highest BCUT2D eigenvalue weighted by Gasteiger charge is 2.21. The van der Waals surface area contributed by atoms with Crippen LogP contribution in [0.15, 0.2) is 18.2 Å². The highest BCUT2D eigenvalue weighted by molar-refractivity contribution is 5.59. The van der Waals surface area contributed by atoms with Gasteiger partial charge in [0.2, 0.25) is 0 Å². The molecule has 0 bridgehead atoms. The van der Waals surface area contributed by atoms with Gasteiger partial charge in [0, 0.05) is 17.4 Å². The Morgan fingerprint density at radius 1 is 1.42 bits per heavy atom. The summed E-state index contributed by atoms with van der Waals surface area (Å²) in [5.74, 6) is 0. The molecule has 64 valence electrons. The first-order valence-corrected chi connectivity index (χ1v) is 4.38. The van der Waals surface area contributed by atoms with Crippen LogP contribution < -0.4 is 11.1 Å². The number of nitrogen functional groups attached to an aromatic ring is 1. The monoisotopic (exact) mass is 162 g/mol. The minimum atomic E-state index is 0.700. The fraction of sp³-hybridized carbons (Fsp3) is 0.400. The third-order valence-electron chi connectivity index (χ3n) is 2.20. The van der Waals surface area contributed by atoms with Crippen molar-refractivity contribution in [3.05, 3.63) is 23.8 Å². The summed E-state index contributed by atoms with van der Waals surface area (Å²) in [5.41, 5.74) is 8.99. The second kappa shape index (κ2) is 2.70. The van der Waals surface area contributed by atoms with Gasteiger partial charge in [-0.2, -0.15) is 0 Å². The van der Waals surface area contributed by atoms with Crippen molar-refractivity contribution in [2.75, 3.05) is 11.1 Å². The lowest BCUT2D eigenvalue weighted by Crippen LogP contribution is -2.02. The molecule has 1 saturated carbocycles. The lowest BCUT2D eigenvalue weighted by Gasteiger charge is -2.08. The zero-order valence-corrected chi connectivity index (χ0v) is 7.30. The van der Waals surface area contributed by atoms with Crippen molar-refractivity contribution in [1.29, 1.82) is 0 Å². The number of nitrogens with two attached hydrogens (primary N) is 1. The molecule has 0 heterocycles. The number of nitrogens with one attached hydrogen (secondary N) is 1. The molecule has 2 heteroatoms. The maximum absolute atomic E-state index is 5.68. The Morgan fingerprint density at radius 2 is 2.17 bits per heavy atom. The molecule has 0 radical (unpaired) electrons. The van der Waals surface area contributed by atoms with E-state index >= 15 is 0 Å². The molecule has 12 heavy (non-hydrogen) atoms. The quantitative estimate of drug-likeness (QED) is 0.654. The number of rotatable bonds is 2. The predicted octanol–water partition coefficient (Wildman–Crippen LogP) is 2.15. The molecular weight excluding hydrogens is 148 g/mol. The van der Waals surface area contributed by atoms with Gasteiger partial charge in [0.15, 0.2) is 0 Å². The van der Waals surface area contributed by atoms with E-state index < -0.39 is 0 Å². The molecule has 0 spiro atoms. The van der Waals surface area contributed by atoms with Gasteiger partial charge in [-0.3, -0.25) is 0 Å². The second-order valence-electron chi connectivity index (χ2n) is 3.49. The van der Waals surface area contributed by atoms with Crippen LogP contribution in [0.1, 0.15) is 18.4 Å². The first-order chi connectivity index (χ1) is 5.75. The highest BCUT2D eigenvalue weighted by atomic mass is 15.0. The normalized spacial score (nSPS) is 16.1. The summed E-state index contributed by atoms with van der Waals surface area (Å²) in [5, 5.41) is 3.44. The van der Waals surface area contributed by atoms with Crippen LogP contribution in [0, 0.1) is 6.92 Å². The molecule has 1 aromatic rings. The topological polar surface area (TPSA) is 38.0 Å². The molecule has 3 N–H and O–H groups in total. The highest BCUT2D eigenvalue weighted by Crippen LogP contribution is 2.27. The van der Waals surface area contributed by atoms with Gasteiger partial charge in [0.1, 0.15) is 0 Å². The number of hydrogen-bond donors (Lipinski definition) is 2. The summed E-state index contributed by atoms with van der Waals surface area (Å²) in [6.07, 6.45) is 2.60. The smallest absolute Gasteiger partial charge is 0.0392 e. The van der Waals surface area contributed by atoms with E-state index in [4.69, 9.17) is 5.73 Å². The van der Waals surface area contributed by atoms with Crippen LogP contribution in [-0.4, -0.2) is 6.04 Å². The molecule has 1 aliphatic rings. The number of aryl methyl sites for hydroxylation is 1. The van der Waals surface area contributed by atoms with Crippen LogP contribution in [0.5, 0.6) is 0 Å². The van der Waals surface area contributed by atoms with E-state index in [1.165, 1.54) is 24.1 Å². The van der Waals surface area contributed by atoms with E-state index in [9.17, 15) is 0 Å². The number of benzene rings is 1. The first kappa shape index (κ1) is 7.47. The Labute approximate surface area is 72.8 Å². The Balaban J connectivity index is 2.21. The molecule has 0 unspecified atom stereocenters. The summed E-state index contributed by atoms with van der Waals surface area (Å²) in [7, 11) is 0. The molecular formula is C10H14N2. The van der Waals surface area contributed by atoms with Crippen molar-refractivity contribution < 1.29 is 0 Å². The SMILES string of the molecule is Cc1ccc(N)cc1NC1CC1. The maximum atomic E-state index is 5.68. The Hall–Kier alpha value is -1.18. The molecule has 2 rings (SSSR count). The van der Waals surface area contributed by atoms with Crippen LogP contribution >= 0.6 is 0 Å². The third kappa shape index (κ3) is 1.52. The fourth-order valence-corrected chi connectivity index (χ4v) is 1.24. The van der Waals surface area contributed by atoms with Crippen molar-refractivity contribution in [3.8, 4) is 0 Å². The van der Waals surface area contributed by atoms with E-state index in [-0.39, 0.29) is 0 Å². The standard InChI is InChI=1S/C10H14N2/c1-7-2-3-8(11)6-10(7)12-9-4-5-9/h2-3,6,9,12H,4-5,11H2,1H3. The molecule has 1 aliphatic carbocycles. The average Bonchev–Trinajstić information content (AvgIpc) is 2.81. The molecule has 0 atom stereocenters. The van der Waals surface area contributed by atoms with Gasteiger partial charge in [-0.1, -0.05) is 6.07 Å². The summed E-state index contributed by atoms with van der Waals surface area (Å²) in [6, 6.07) is 6.70. The predicted molar refractivity (Wildman–Crippen MR) is 52.2 cm³/mol. The summed E-state index contributed by atoms with van der Waals surface area (Å²) >= 11 is 0. The van der Waals surface area contributed by atoms with Gasteiger partial charge in [-0.15, -0.1) is 0 Å². The number of anilines is 2. The summed E-state index contributed by atoms with van der Waals surface area (Å²) < 4.78 is 0. The minimum Gasteiger partial charge on any atom is -0.399 e. The Bertz CT molecular complexity index is 290.